The Hall–Kier alpha value is -4.46. The summed E-state index contributed by atoms with van der Waals surface area (Å²) >= 11 is 0. The molecule has 0 bridgehead atoms. The molecular formula is C26H21FN2O5. The van der Waals surface area contributed by atoms with Gasteiger partial charge >= 0.3 is 5.97 Å². The summed E-state index contributed by atoms with van der Waals surface area (Å²) in [4.78, 5) is 21.2. The number of carboxylic acids is 1. The number of ether oxygens (including phenoxy) is 1. The number of carbonyl (C=O) groups is 1. The van der Waals surface area contributed by atoms with Crippen LogP contribution in [0.3, 0.4) is 0 Å². The van der Waals surface area contributed by atoms with Crippen molar-refractivity contribution in [3.05, 3.63) is 107 Å². The molecule has 0 aliphatic carbocycles. The van der Waals surface area contributed by atoms with Crippen LogP contribution in [0.15, 0.2) is 88.4 Å². The summed E-state index contributed by atoms with van der Waals surface area (Å²) in [6, 6.07) is 21.7. The number of aromatic nitrogens is 1. The van der Waals surface area contributed by atoms with Crippen molar-refractivity contribution in [2.24, 2.45) is 5.16 Å². The van der Waals surface area contributed by atoms with Gasteiger partial charge in [0.1, 0.15) is 36.2 Å². The normalized spacial score (nSPS) is 11.3. The maximum Gasteiger partial charge on any atom is 0.358 e. The number of aliphatic carboxylic acids is 1. The number of oxazole rings is 1. The van der Waals surface area contributed by atoms with Crippen LogP contribution >= 0.6 is 0 Å². The van der Waals surface area contributed by atoms with E-state index in [0.29, 0.717) is 23.1 Å². The monoisotopic (exact) mass is 460 g/mol. The van der Waals surface area contributed by atoms with E-state index < -0.39 is 11.8 Å². The van der Waals surface area contributed by atoms with E-state index in [1.807, 2.05) is 37.3 Å². The first-order chi connectivity index (χ1) is 16.5. The standard InChI is InChI=1S/C26H21FN2O5/c1-17-23(28-25(34-17)20-5-3-2-4-6-20)16-32-22-13-7-18(8-14-22)15-33-29-24(26(30)31)19-9-11-21(27)12-10-19/h2-14H,15-16H2,1H3,(H,30,31)/b29-24+. The van der Waals surface area contributed by atoms with Gasteiger partial charge in [-0.3, -0.25) is 0 Å². The van der Waals surface area contributed by atoms with E-state index in [-0.39, 0.29) is 24.5 Å². The fraction of sp³-hybridized carbons (Fsp3) is 0.115. The summed E-state index contributed by atoms with van der Waals surface area (Å²) in [5.41, 5.74) is 2.31. The van der Waals surface area contributed by atoms with Crippen molar-refractivity contribution < 1.29 is 28.3 Å². The average Bonchev–Trinajstić information content (AvgIpc) is 3.23. The van der Waals surface area contributed by atoms with Crippen molar-refractivity contribution in [1.82, 2.24) is 4.98 Å². The van der Waals surface area contributed by atoms with E-state index in [1.165, 1.54) is 12.1 Å². The Kier molecular flexibility index (Phi) is 6.98. The summed E-state index contributed by atoms with van der Waals surface area (Å²) in [6.07, 6.45) is 0. The third-order valence-electron chi connectivity index (χ3n) is 4.92. The Balaban J connectivity index is 1.34. The second kappa shape index (κ2) is 10.4. The van der Waals surface area contributed by atoms with E-state index in [9.17, 15) is 14.3 Å². The Labute approximate surface area is 195 Å². The molecule has 4 rings (SSSR count). The Morgan fingerprint density at radius 1 is 1.00 bits per heavy atom. The van der Waals surface area contributed by atoms with E-state index in [0.717, 1.165) is 23.3 Å². The molecule has 4 aromatic rings. The molecule has 0 saturated heterocycles. The van der Waals surface area contributed by atoms with Crippen molar-refractivity contribution >= 4 is 11.7 Å². The molecule has 172 valence electrons. The summed E-state index contributed by atoms with van der Waals surface area (Å²) in [5.74, 6) is 0.137. The Morgan fingerprint density at radius 2 is 1.71 bits per heavy atom. The molecule has 1 heterocycles. The number of hydrogen-bond donors (Lipinski definition) is 1. The van der Waals surface area contributed by atoms with Gasteiger partial charge in [-0.15, -0.1) is 0 Å². The molecule has 0 aliphatic heterocycles. The summed E-state index contributed by atoms with van der Waals surface area (Å²) in [5, 5.41) is 13.0. The molecule has 0 saturated carbocycles. The van der Waals surface area contributed by atoms with Crippen molar-refractivity contribution in [3.63, 3.8) is 0 Å². The minimum Gasteiger partial charge on any atom is -0.487 e. The third kappa shape index (κ3) is 5.66. The summed E-state index contributed by atoms with van der Waals surface area (Å²) < 4.78 is 24.6. The van der Waals surface area contributed by atoms with Crippen molar-refractivity contribution in [2.75, 3.05) is 0 Å². The first-order valence-corrected chi connectivity index (χ1v) is 10.4. The zero-order valence-corrected chi connectivity index (χ0v) is 18.3. The number of oxime groups is 1. The lowest BCUT2D eigenvalue weighted by atomic mass is 10.1. The van der Waals surface area contributed by atoms with Gasteiger partial charge in [-0.25, -0.2) is 14.2 Å². The molecule has 0 fully saturated rings. The Bertz CT molecular complexity index is 1280. The van der Waals surface area contributed by atoms with Crippen LogP contribution < -0.4 is 4.74 Å². The van der Waals surface area contributed by atoms with Crippen LogP contribution in [-0.4, -0.2) is 21.8 Å². The fourth-order valence-electron chi connectivity index (χ4n) is 3.09. The largest absolute Gasteiger partial charge is 0.487 e. The lowest BCUT2D eigenvalue weighted by Crippen LogP contribution is -2.15. The number of carboxylic acid groups (broad SMARTS) is 1. The number of benzene rings is 3. The van der Waals surface area contributed by atoms with Crippen LogP contribution in [0.25, 0.3) is 11.5 Å². The predicted octanol–water partition coefficient (Wildman–Crippen LogP) is 5.37. The van der Waals surface area contributed by atoms with Crippen molar-refractivity contribution in [1.29, 1.82) is 0 Å². The molecule has 0 aliphatic rings. The topological polar surface area (TPSA) is 94.2 Å². The predicted molar refractivity (Wildman–Crippen MR) is 123 cm³/mol. The van der Waals surface area contributed by atoms with Gasteiger partial charge < -0.3 is 19.1 Å². The second-order valence-electron chi connectivity index (χ2n) is 7.35. The van der Waals surface area contributed by atoms with Crippen LogP contribution in [0.1, 0.15) is 22.6 Å². The highest BCUT2D eigenvalue weighted by molar-refractivity contribution is 6.42. The molecule has 3 aromatic carbocycles. The maximum atomic E-state index is 13.1. The lowest BCUT2D eigenvalue weighted by Gasteiger charge is -2.06. The SMILES string of the molecule is Cc1oc(-c2ccccc2)nc1COc1ccc(CO/N=C(/C(=O)O)c2ccc(F)cc2)cc1. The first-order valence-electron chi connectivity index (χ1n) is 10.4. The van der Waals surface area contributed by atoms with Gasteiger partial charge in [0.25, 0.3) is 0 Å². The van der Waals surface area contributed by atoms with Gasteiger partial charge in [-0.1, -0.05) is 35.5 Å². The third-order valence-corrected chi connectivity index (χ3v) is 4.92. The highest BCUT2D eigenvalue weighted by Gasteiger charge is 2.14. The summed E-state index contributed by atoms with van der Waals surface area (Å²) in [6.45, 7) is 2.15. The minimum atomic E-state index is -1.27. The van der Waals surface area contributed by atoms with Gasteiger partial charge in [0.15, 0.2) is 5.71 Å². The smallest absolute Gasteiger partial charge is 0.358 e. The molecule has 0 unspecified atom stereocenters. The number of rotatable bonds is 9. The fourth-order valence-corrected chi connectivity index (χ4v) is 3.09. The van der Waals surface area contributed by atoms with Crippen LogP contribution in [0.5, 0.6) is 5.75 Å². The number of halogens is 1. The molecular weight excluding hydrogens is 439 g/mol. The van der Waals surface area contributed by atoms with Crippen LogP contribution in [-0.2, 0) is 22.8 Å². The van der Waals surface area contributed by atoms with Crippen molar-refractivity contribution in [2.45, 2.75) is 20.1 Å². The summed E-state index contributed by atoms with van der Waals surface area (Å²) in [7, 11) is 0. The van der Waals surface area contributed by atoms with Crippen molar-refractivity contribution in [3.8, 4) is 17.2 Å². The Morgan fingerprint density at radius 3 is 2.38 bits per heavy atom. The van der Waals surface area contributed by atoms with E-state index in [1.54, 1.807) is 24.3 Å². The second-order valence-corrected chi connectivity index (χ2v) is 7.35. The molecule has 0 radical (unpaired) electrons. The maximum absolute atomic E-state index is 13.1. The minimum absolute atomic E-state index is 0.0566. The molecule has 8 heteroatoms. The molecule has 1 aromatic heterocycles. The number of aryl methyl sites for hydroxylation is 1. The van der Waals surface area contributed by atoms with E-state index in [2.05, 4.69) is 10.1 Å². The van der Waals surface area contributed by atoms with Gasteiger partial charge in [0.2, 0.25) is 5.89 Å². The highest BCUT2D eigenvalue weighted by Crippen LogP contribution is 2.23. The zero-order valence-electron chi connectivity index (χ0n) is 18.3. The van der Waals surface area contributed by atoms with Crippen LogP contribution in [0.4, 0.5) is 4.39 Å². The zero-order chi connectivity index (χ0) is 23.9. The molecule has 34 heavy (non-hydrogen) atoms. The molecule has 7 nitrogen and oxygen atoms in total. The molecule has 0 atom stereocenters. The average molecular weight is 460 g/mol. The van der Waals surface area contributed by atoms with Gasteiger partial charge in [0, 0.05) is 11.1 Å². The molecule has 1 N–H and O–H groups in total. The van der Waals surface area contributed by atoms with E-state index in [4.69, 9.17) is 14.0 Å². The lowest BCUT2D eigenvalue weighted by molar-refractivity contribution is -0.129. The highest BCUT2D eigenvalue weighted by atomic mass is 19.1. The van der Waals surface area contributed by atoms with Gasteiger partial charge in [-0.05, 0) is 61.0 Å². The first kappa shape index (κ1) is 22.7. The van der Waals surface area contributed by atoms with Crippen LogP contribution in [0.2, 0.25) is 0 Å². The van der Waals surface area contributed by atoms with Gasteiger partial charge in [0.05, 0.1) is 0 Å². The quantitative estimate of drug-likeness (QED) is 0.266. The van der Waals surface area contributed by atoms with Gasteiger partial charge in [-0.2, -0.15) is 0 Å². The molecule has 0 amide bonds. The van der Waals surface area contributed by atoms with Crippen LogP contribution in [0, 0.1) is 12.7 Å². The number of nitrogens with zero attached hydrogens (tertiary/aromatic N) is 2. The molecule has 0 spiro atoms. The van der Waals surface area contributed by atoms with E-state index >= 15 is 0 Å². The number of hydrogen-bond acceptors (Lipinski definition) is 6.